The Labute approximate surface area is 127 Å². The maximum Gasteiger partial charge on any atom is 0.338 e. The zero-order chi connectivity index (χ0) is 15.4. The molecule has 0 radical (unpaired) electrons. The second kappa shape index (κ2) is 6.17. The zero-order valence-electron chi connectivity index (χ0n) is 12.0. The molecule has 3 rings (SSSR count). The molecule has 2 heterocycles. The predicted molar refractivity (Wildman–Crippen MR) is 79.5 cm³/mol. The molecule has 3 aromatic rings. The Morgan fingerprint density at radius 3 is 2.86 bits per heavy atom. The SMILES string of the molecule is Cc1cccc(COC(=O)c2cccc(-n3ccnn3)c2)n1. The van der Waals surface area contributed by atoms with Crippen LogP contribution in [-0.2, 0) is 11.3 Å². The highest BCUT2D eigenvalue weighted by atomic mass is 16.5. The minimum atomic E-state index is -0.398. The largest absolute Gasteiger partial charge is 0.456 e. The minimum absolute atomic E-state index is 0.147. The summed E-state index contributed by atoms with van der Waals surface area (Å²) in [5.41, 5.74) is 2.82. The van der Waals surface area contributed by atoms with E-state index < -0.39 is 5.97 Å². The van der Waals surface area contributed by atoms with E-state index in [9.17, 15) is 4.79 Å². The summed E-state index contributed by atoms with van der Waals surface area (Å²) < 4.78 is 6.88. The first-order valence-corrected chi connectivity index (χ1v) is 6.79. The summed E-state index contributed by atoms with van der Waals surface area (Å²) >= 11 is 0. The molecule has 6 nitrogen and oxygen atoms in total. The number of benzene rings is 1. The molecule has 0 unspecified atom stereocenters. The standard InChI is InChI=1S/C16H14N4O2/c1-12-4-2-6-14(18-12)11-22-16(21)13-5-3-7-15(10-13)20-9-8-17-19-20/h2-10H,11H2,1H3. The molecule has 22 heavy (non-hydrogen) atoms. The van der Waals surface area contributed by atoms with Crippen molar-refractivity contribution in [2.24, 2.45) is 0 Å². The second-order valence-electron chi connectivity index (χ2n) is 4.74. The molecule has 110 valence electrons. The van der Waals surface area contributed by atoms with Crippen molar-refractivity contribution in [2.45, 2.75) is 13.5 Å². The van der Waals surface area contributed by atoms with Crippen LogP contribution in [0.1, 0.15) is 21.7 Å². The average molecular weight is 294 g/mol. The Morgan fingerprint density at radius 1 is 1.23 bits per heavy atom. The summed E-state index contributed by atoms with van der Waals surface area (Å²) in [7, 11) is 0. The fraction of sp³-hybridized carbons (Fsp3) is 0.125. The number of hydrogen-bond donors (Lipinski definition) is 0. The Bertz CT molecular complexity index is 784. The van der Waals surface area contributed by atoms with Gasteiger partial charge >= 0.3 is 5.97 Å². The van der Waals surface area contributed by atoms with Gasteiger partial charge in [-0.2, -0.15) is 0 Å². The van der Waals surface area contributed by atoms with Crippen molar-refractivity contribution < 1.29 is 9.53 Å². The monoisotopic (exact) mass is 294 g/mol. The van der Waals surface area contributed by atoms with Crippen LogP contribution in [0.5, 0.6) is 0 Å². The molecular formula is C16H14N4O2. The number of hydrogen-bond acceptors (Lipinski definition) is 5. The van der Waals surface area contributed by atoms with Crippen LogP contribution in [0.4, 0.5) is 0 Å². The molecule has 0 amide bonds. The van der Waals surface area contributed by atoms with E-state index in [4.69, 9.17) is 4.74 Å². The van der Waals surface area contributed by atoms with E-state index in [0.717, 1.165) is 17.1 Å². The molecule has 2 aromatic heterocycles. The Hall–Kier alpha value is -3.02. The Balaban J connectivity index is 1.71. The van der Waals surface area contributed by atoms with Crippen LogP contribution in [0, 0.1) is 6.92 Å². The molecule has 1 aromatic carbocycles. The third kappa shape index (κ3) is 3.17. The molecular weight excluding hydrogens is 280 g/mol. The van der Waals surface area contributed by atoms with Gasteiger partial charge < -0.3 is 4.74 Å². The number of ether oxygens (including phenoxy) is 1. The zero-order valence-corrected chi connectivity index (χ0v) is 12.0. The van der Waals surface area contributed by atoms with Crippen molar-refractivity contribution in [3.8, 4) is 5.69 Å². The van der Waals surface area contributed by atoms with E-state index in [1.807, 2.05) is 31.2 Å². The molecule has 6 heteroatoms. The number of carbonyl (C=O) groups is 1. The van der Waals surface area contributed by atoms with E-state index in [1.54, 1.807) is 35.3 Å². The van der Waals surface area contributed by atoms with Crippen LogP contribution in [0.15, 0.2) is 54.9 Å². The van der Waals surface area contributed by atoms with Crippen LogP contribution in [0.3, 0.4) is 0 Å². The third-order valence-electron chi connectivity index (χ3n) is 3.07. The van der Waals surface area contributed by atoms with Crippen LogP contribution >= 0.6 is 0 Å². The first-order chi connectivity index (χ1) is 10.7. The summed E-state index contributed by atoms with van der Waals surface area (Å²) in [6.07, 6.45) is 3.29. The molecule has 0 aliphatic carbocycles. The molecule has 0 aliphatic rings. The summed E-state index contributed by atoms with van der Waals surface area (Å²) in [6, 6.07) is 12.6. The summed E-state index contributed by atoms with van der Waals surface area (Å²) in [5.74, 6) is -0.398. The molecule has 0 atom stereocenters. The van der Waals surface area contributed by atoms with Gasteiger partial charge in [-0.1, -0.05) is 17.3 Å². The van der Waals surface area contributed by atoms with Crippen molar-refractivity contribution in [3.63, 3.8) is 0 Å². The van der Waals surface area contributed by atoms with Crippen LogP contribution in [-0.4, -0.2) is 25.9 Å². The maximum absolute atomic E-state index is 12.1. The first kappa shape index (κ1) is 13.9. The number of aryl methyl sites for hydroxylation is 1. The highest BCUT2D eigenvalue weighted by Gasteiger charge is 2.09. The van der Waals surface area contributed by atoms with E-state index in [2.05, 4.69) is 15.3 Å². The van der Waals surface area contributed by atoms with Crippen LogP contribution in [0.2, 0.25) is 0 Å². The minimum Gasteiger partial charge on any atom is -0.456 e. The fourth-order valence-corrected chi connectivity index (χ4v) is 2.02. The van der Waals surface area contributed by atoms with Gasteiger partial charge in [0.15, 0.2) is 0 Å². The molecule has 0 N–H and O–H groups in total. The molecule has 0 saturated carbocycles. The van der Waals surface area contributed by atoms with E-state index in [1.165, 1.54) is 0 Å². The van der Waals surface area contributed by atoms with Gasteiger partial charge in [-0.05, 0) is 37.3 Å². The Morgan fingerprint density at radius 2 is 2.09 bits per heavy atom. The summed E-state index contributed by atoms with van der Waals surface area (Å²) in [5, 5.41) is 7.64. The van der Waals surface area contributed by atoms with Crippen molar-refractivity contribution in [1.82, 2.24) is 20.0 Å². The van der Waals surface area contributed by atoms with Gasteiger partial charge in [0.1, 0.15) is 6.61 Å². The predicted octanol–water partition coefficient (Wildman–Crippen LogP) is 2.33. The van der Waals surface area contributed by atoms with Crippen molar-refractivity contribution >= 4 is 5.97 Å². The lowest BCUT2D eigenvalue weighted by Gasteiger charge is -2.06. The number of carbonyl (C=O) groups excluding carboxylic acids is 1. The van der Waals surface area contributed by atoms with Crippen LogP contribution in [0.25, 0.3) is 5.69 Å². The lowest BCUT2D eigenvalue weighted by Crippen LogP contribution is -2.07. The van der Waals surface area contributed by atoms with Crippen molar-refractivity contribution in [3.05, 3.63) is 71.8 Å². The van der Waals surface area contributed by atoms with Gasteiger partial charge in [-0.3, -0.25) is 4.98 Å². The second-order valence-corrected chi connectivity index (χ2v) is 4.74. The van der Waals surface area contributed by atoms with E-state index >= 15 is 0 Å². The highest BCUT2D eigenvalue weighted by Crippen LogP contribution is 2.11. The summed E-state index contributed by atoms with van der Waals surface area (Å²) in [6.45, 7) is 2.04. The average Bonchev–Trinajstić information content (AvgIpc) is 3.07. The highest BCUT2D eigenvalue weighted by molar-refractivity contribution is 5.90. The van der Waals surface area contributed by atoms with Gasteiger partial charge in [-0.15, -0.1) is 5.10 Å². The molecule has 0 aliphatic heterocycles. The third-order valence-corrected chi connectivity index (χ3v) is 3.07. The van der Waals surface area contributed by atoms with Gasteiger partial charge in [-0.25, -0.2) is 9.48 Å². The Kier molecular flexibility index (Phi) is 3.91. The molecule has 0 spiro atoms. The molecule has 0 bridgehead atoms. The number of aromatic nitrogens is 4. The van der Waals surface area contributed by atoms with Gasteiger partial charge in [0.25, 0.3) is 0 Å². The lowest BCUT2D eigenvalue weighted by molar-refractivity contribution is 0.0467. The van der Waals surface area contributed by atoms with Gasteiger partial charge in [0, 0.05) is 5.69 Å². The smallest absolute Gasteiger partial charge is 0.338 e. The van der Waals surface area contributed by atoms with Crippen LogP contribution < -0.4 is 0 Å². The first-order valence-electron chi connectivity index (χ1n) is 6.79. The van der Waals surface area contributed by atoms with Gasteiger partial charge in [0.05, 0.1) is 29.3 Å². The number of nitrogens with zero attached hydrogens (tertiary/aromatic N) is 4. The normalized spacial score (nSPS) is 10.4. The number of esters is 1. The number of rotatable bonds is 4. The maximum atomic E-state index is 12.1. The lowest BCUT2D eigenvalue weighted by atomic mass is 10.2. The molecule has 0 saturated heterocycles. The van der Waals surface area contributed by atoms with Crippen molar-refractivity contribution in [1.29, 1.82) is 0 Å². The fourth-order valence-electron chi connectivity index (χ4n) is 2.02. The summed E-state index contributed by atoms with van der Waals surface area (Å²) in [4.78, 5) is 16.4. The molecule has 0 fully saturated rings. The van der Waals surface area contributed by atoms with Gasteiger partial charge in [0.2, 0.25) is 0 Å². The van der Waals surface area contributed by atoms with E-state index in [-0.39, 0.29) is 6.61 Å². The van der Waals surface area contributed by atoms with E-state index in [0.29, 0.717) is 5.56 Å². The number of pyridine rings is 1. The topological polar surface area (TPSA) is 69.9 Å². The van der Waals surface area contributed by atoms with Crippen molar-refractivity contribution in [2.75, 3.05) is 0 Å². The quantitative estimate of drug-likeness (QED) is 0.691.